The first-order chi connectivity index (χ1) is 8.99. The van der Waals surface area contributed by atoms with Crippen LogP contribution in [0, 0.1) is 0 Å². The van der Waals surface area contributed by atoms with Gasteiger partial charge in [-0.25, -0.2) is 14.8 Å². The number of nitrogens with zero attached hydrogens (tertiary/aromatic N) is 2. The lowest BCUT2D eigenvalue weighted by atomic mass is 10.2. The van der Waals surface area contributed by atoms with Gasteiger partial charge in [-0.1, -0.05) is 0 Å². The topological polar surface area (TPSA) is 64.1 Å². The molecule has 9 heteroatoms. The number of nitrogens with one attached hydrogen (secondary N) is 1. The summed E-state index contributed by atoms with van der Waals surface area (Å²) < 4.78 is 43.1. The van der Waals surface area contributed by atoms with Crippen molar-refractivity contribution in [2.45, 2.75) is 39.1 Å². The number of rotatable bonds is 2. The molecule has 0 spiro atoms. The molecule has 0 bridgehead atoms. The molecule has 0 saturated carbocycles. The highest BCUT2D eigenvalue weighted by atomic mass is 35.5. The third-order valence-corrected chi connectivity index (χ3v) is 2.11. The van der Waals surface area contributed by atoms with Crippen LogP contribution in [0.4, 0.5) is 18.0 Å². The summed E-state index contributed by atoms with van der Waals surface area (Å²) in [6.45, 7) is 4.50. The minimum atomic E-state index is -4.68. The van der Waals surface area contributed by atoms with E-state index >= 15 is 0 Å². The van der Waals surface area contributed by atoms with E-state index in [9.17, 15) is 18.0 Å². The quantitative estimate of drug-likeness (QED) is 0.852. The molecule has 0 atom stereocenters. The monoisotopic (exact) mass is 311 g/mol. The van der Waals surface area contributed by atoms with Gasteiger partial charge < -0.3 is 10.1 Å². The third-order valence-electron chi connectivity index (χ3n) is 1.93. The lowest BCUT2D eigenvalue weighted by Gasteiger charge is -2.20. The number of carbonyl (C=O) groups excluding carboxylic acids is 1. The van der Waals surface area contributed by atoms with Crippen molar-refractivity contribution in [3.05, 3.63) is 22.7 Å². The Bertz CT molecular complexity index is 501. The molecule has 1 aromatic heterocycles. The average Bonchev–Trinajstić information content (AvgIpc) is 2.23. The van der Waals surface area contributed by atoms with Crippen LogP contribution in [0.1, 0.15) is 32.0 Å². The average molecular weight is 312 g/mol. The van der Waals surface area contributed by atoms with E-state index in [0.29, 0.717) is 0 Å². The summed E-state index contributed by atoms with van der Waals surface area (Å²) in [7, 11) is 0. The van der Waals surface area contributed by atoms with Crippen LogP contribution in [0.15, 0.2) is 6.20 Å². The van der Waals surface area contributed by atoms with Crippen molar-refractivity contribution < 1.29 is 22.7 Å². The van der Waals surface area contributed by atoms with E-state index in [1.165, 1.54) is 0 Å². The number of amides is 1. The highest BCUT2D eigenvalue weighted by molar-refractivity contribution is 6.28. The maximum atomic E-state index is 12.7. The Morgan fingerprint density at radius 2 is 2.00 bits per heavy atom. The number of ether oxygens (including phenoxy) is 1. The van der Waals surface area contributed by atoms with Crippen molar-refractivity contribution in [1.29, 1.82) is 0 Å². The van der Waals surface area contributed by atoms with Crippen LogP contribution in [-0.2, 0) is 17.5 Å². The van der Waals surface area contributed by atoms with Gasteiger partial charge in [-0.05, 0) is 32.4 Å². The van der Waals surface area contributed by atoms with Crippen molar-refractivity contribution in [1.82, 2.24) is 15.3 Å². The molecule has 1 aromatic rings. The van der Waals surface area contributed by atoms with Crippen molar-refractivity contribution in [3.8, 4) is 0 Å². The molecule has 1 amide bonds. The van der Waals surface area contributed by atoms with Gasteiger partial charge in [0.2, 0.25) is 5.28 Å². The molecule has 20 heavy (non-hydrogen) atoms. The molecule has 0 aliphatic rings. The molecule has 112 valence electrons. The van der Waals surface area contributed by atoms with E-state index in [2.05, 4.69) is 15.3 Å². The van der Waals surface area contributed by atoms with Crippen molar-refractivity contribution in [2.75, 3.05) is 0 Å². The summed E-state index contributed by atoms with van der Waals surface area (Å²) in [4.78, 5) is 18.0. The van der Waals surface area contributed by atoms with Crippen LogP contribution in [-0.4, -0.2) is 21.7 Å². The maximum Gasteiger partial charge on any atom is 0.433 e. The zero-order chi connectivity index (χ0) is 15.6. The zero-order valence-electron chi connectivity index (χ0n) is 11.0. The lowest BCUT2D eigenvalue weighted by Crippen LogP contribution is -2.32. The Balaban J connectivity index is 2.81. The van der Waals surface area contributed by atoms with E-state index in [-0.39, 0.29) is 5.56 Å². The number of alkyl halides is 3. The Hall–Kier alpha value is -1.57. The highest BCUT2D eigenvalue weighted by Crippen LogP contribution is 2.30. The van der Waals surface area contributed by atoms with Gasteiger partial charge in [-0.2, -0.15) is 13.2 Å². The molecule has 0 aliphatic heterocycles. The van der Waals surface area contributed by atoms with Gasteiger partial charge in [0.1, 0.15) is 5.60 Å². The number of hydrogen-bond donors (Lipinski definition) is 1. The van der Waals surface area contributed by atoms with E-state index in [1.54, 1.807) is 20.8 Å². The van der Waals surface area contributed by atoms with Crippen LogP contribution >= 0.6 is 11.6 Å². The van der Waals surface area contributed by atoms with Crippen LogP contribution in [0.25, 0.3) is 0 Å². The molecule has 0 aliphatic carbocycles. The summed E-state index contributed by atoms with van der Waals surface area (Å²) >= 11 is 5.34. The number of aromatic nitrogens is 2. The van der Waals surface area contributed by atoms with Crippen LogP contribution < -0.4 is 5.32 Å². The summed E-state index contributed by atoms with van der Waals surface area (Å²) in [5.41, 5.74) is -2.23. The fraction of sp³-hybridized carbons (Fsp3) is 0.545. The zero-order valence-corrected chi connectivity index (χ0v) is 11.8. The minimum Gasteiger partial charge on any atom is -0.444 e. The SMILES string of the molecule is CC(C)(C)OC(=O)NCc1cnc(Cl)nc1C(F)(F)F. The van der Waals surface area contributed by atoms with Crippen molar-refractivity contribution in [3.63, 3.8) is 0 Å². The summed E-state index contributed by atoms with van der Waals surface area (Å²) in [6.07, 6.45) is -4.60. The van der Waals surface area contributed by atoms with Gasteiger partial charge in [0.25, 0.3) is 0 Å². The Labute approximate surface area is 118 Å². The molecular weight excluding hydrogens is 299 g/mol. The second kappa shape index (κ2) is 5.82. The summed E-state index contributed by atoms with van der Waals surface area (Å²) in [5.74, 6) is 0. The van der Waals surface area contributed by atoms with Gasteiger partial charge in [0, 0.05) is 18.3 Å². The molecule has 0 saturated heterocycles. The number of hydrogen-bond acceptors (Lipinski definition) is 4. The molecule has 0 unspecified atom stereocenters. The predicted octanol–water partition coefficient (Wildman–Crippen LogP) is 3.17. The molecule has 1 heterocycles. The second-order valence-corrected chi connectivity index (χ2v) is 5.20. The molecule has 0 aromatic carbocycles. The first kappa shape index (κ1) is 16.5. The Kier molecular flexibility index (Phi) is 4.80. The molecule has 1 N–H and O–H groups in total. The number of halogens is 4. The Morgan fingerprint density at radius 1 is 1.40 bits per heavy atom. The fourth-order valence-corrected chi connectivity index (χ4v) is 1.37. The van der Waals surface area contributed by atoms with Gasteiger partial charge in [0.15, 0.2) is 5.69 Å². The lowest BCUT2D eigenvalue weighted by molar-refractivity contribution is -0.142. The van der Waals surface area contributed by atoms with Gasteiger partial charge >= 0.3 is 12.3 Å². The summed E-state index contributed by atoms with van der Waals surface area (Å²) in [6, 6.07) is 0. The van der Waals surface area contributed by atoms with Crippen LogP contribution in [0.5, 0.6) is 0 Å². The molecule has 1 rings (SSSR count). The van der Waals surface area contributed by atoms with Crippen LogP contribution in [0.2, 0.25) is 5.28 Å². The van der Waals surface area contributed by atoms with Crippen molar-refractivity contribution in [2.24, 2.45) is 0 Å². The first-order valence-electron chi connectivity index (χ1n) is 5.54. The second-order valence-electron chi connectivity index (χ2n) is 4.87. The maximum absolute atomic E-state index is 12.7. The smallest absolute Gasteiger partial charge is 0.433 e. The molecule has 0 fully saturated rings. The Morgan fingerprint density at radius 3 is 2.50 bits per heavy atom. The van der Waals surface area contributed by atoms with Gasteiger partial charge in [-0.15, -0.1) is 0 Å². The third kappa shape index (κ3) is 5.20. The predicted molar refractivity (Wildman–Crippen MR) is 65.1 cm³/mol. The molecule has 0 radical (unpaired) electrons. The first-order valence-corrected chi connectivity index (χ1v) is 5.92. The van der Waals surface area contributed by atoms with E-state index in [1.807, 2.05) is 0 Å². The standard InChI is InChI=1S/C11H13ClF3N3O2/c1-10(2,3)20-9(19)17-5-6-4-16-8(12)18-7(6)11(13,14)15/h4H,5H2,1-3H3,(H,17,19). The van der Waals surface area contributed by atoms with E-state index < -0.39 is 35.4 Å². The number of alkyl carbamates (subject to hydrolysis) is 1. The fourth-order valence-electron chi connectivity index (χ4n) is 1.24. The largest absolute Gasteiger partial charge is 0.444 e. The summed E-state index contributed by atoms with van der Waals surface area (Å²) in [5, 5.41) is 1.69. The molecule has 5 nitrogen and oxygen atoms in total. The highest BCUT2D eigenvalue weighted by Gasteiger charge is 2.36. The van der Waals surface area contributed by atoms with Gasteiger partial charge in [0.05, 0.1) is 0 Å². The van der Waals surface area contributed by atoms with Gasteiger partial charge in [-0.3, -0.25) is 0 Å². The van der Waals surface area contributed by atoms with Crippen molar-refractivity contribution >= 4 is 17.7 Å². The number of carbonyl (C=O) groups is 1. The normalized spacial score (nSPS) is 12.2. The minimum absolute atomic E-state index is 0.298. The molecular formula is C11H13ClF3N3O2. The van der Waals surface area contributed by atoms with E-state index in [0.717, 1.165) is 6.20 Å². The van der Waals surface area contributed by atoms with Crippen LogP contribution in [0.3, 0.4) is 0 Å². The van der Waals surface area contributed by atoms with E-state index in [4.69, 9.17) is 16.3 Å².